The number of aryl methyl sites for hydroxylation is 2. The number of carbonyl (C=O) groups excluding carboxylic acids is 1. The van der Waals surface area contributed by atoms with Crippen molar-refractivity contribution < 1.29 is 17.9 Å². The van der Waals surface area contributed by atoms with Gasteiger partial charge in [0, 0.05) is 13.1 Å². The first-order chi connectivity index (χ1) is 9.70. The van der Waals surface area contributed by atoms with Gasteiger partial charge in [0.25, 0.3) is 5.91 Å². The number of sulfonamides is 1. The number of rotatable bonds is 6. The van der Waals surface area contributed by atoms with E-state index in [1.54, 1.807) is 30.9 Å². The van der Waals surface area contributed by atoms with E-state index in [0.29, 0.717) is 30.0 Å². The van der Waals surface area contributed by atoms with E-state index in [2.05, 4.69) is 0 Å². The summed E-state index contributed by atoms with van der Waals surface area (Å²) in [6.45, 7) is 8.27. The van der Waals surface area contributed by atoms with Gasteiger partial charge >= 0.3 is 0 Å². The summed E-state index contributed by atoms with van der Waals surface area (Å²) < 4.78 is 28.4. The predicted octanol–water partition coefficient (Wildman–Crippen LogP) is 1.20. The number of primary sulfonamides is 1. The molecular weight excluding hydrogens is 292 g/mol. The number of amides is 1. The Balaban J connectivity index is 2.91. The summed E-state index contributed by atoms with van der Waals surface area (Å²) in [5.74, 6) is 0.351. The molecule has 7 heteroatoms. The van der Waals surface area contributed by atoms with Crippen LogP contribution in [0.15, 0.2) is 17.0 Å². The molecule has 0 spiro atoms. The molecule has 0 unspecified atom stereocenters. The molecular formula is C14H22N2O4S. The molecule has 0 aliphatic heterocycles. The van der Waals surface area contributed by atoms with Gasteiger partial charge in [-0.15, -0.1) is 0 Å². The molecule has 1 rings (SSSR count). The Bertz CT molecular complexity index is 599. The summed E-state index contributed by atoms with van der Waals surface area (Å²) in [7, 11) is -3.76. The van der Waals surface area contributed by atoms with Crippen molar-refractivity contribution in [3.8, 4) is 5.75 Å². The normalized spacial score (nSPS) is 11.3. The minimum Gasteiger partial charge on any atom is -0.484 e. The minimum absolute atomic E-state index is 0.0741. The maximum absolute atomic E-state index is 11.9. The highest BCUT2D eigenvalue weighted by atomic mass is 32.2. The number of ether oxygens (including phenoxy) is 1. The fourth-order valence-corrected chi connectivity index (χ4v) is 3.27. The van der Waals surface area contributed by atoms with E-state index in [4.69, 9.17) is 9.88 Å². The van der Waals surface area contributed by atoms with Crippen LogP contribution in [0.4, 0.5) is 0 Å². The van der Waals surface area contributed by atoms with E-state index in [-0.39, 0.29) is 17.4 Å². The van der Waals surface area contributed by atoms with Crippen LogP contribution in [0.5, 0.6) is 5.75 Å². The number of hydrogen-bond acceptors (Lipinski definition) is 4. The zero-order valence-electron chi connectivity index (χ0n) is 12.8. The summed E-state index contributed by atoms with van der Waals surface area (Å²) in [5.41, 5.74) is 1.01. The molecule has 0 radical (unpaired) electrons. The number of nitrogens with two attached hydrogens (primary N) is 1. The van der Waals surface area contributed by atoms with E-state index >= 15 is 0 Å². The van der Waals surface area contributed by atoms with Gasteiger partial charge < -0.3 is 9.64 Å². The highest BCUT2D eigenvalue weighted by Gasteiger charge is 2.17. The van der Waals surface area contributed by atoms with Gasteiger partial charge in [-0.3, -0.25) is 4.79 Å². The third-order valence-corrected chi connectivity index (χ3v) is 4.41. The summed E-state index contributed by atoms with van der Waals surface area (Å²) in [5, 5.41) is 5.18. The van der Waals surface area contributed by atoms with Crippen LogP contribution in [-0.4, -0.2) is 38.9 Å². The Morgan fingerprint density at radius 2 is 1.67 bits per heavy atom. The van der Waals surface area contributed by atoms with Crippen LogP contribution in [0.25, 0.3) is 0 Å². The van der Waals surface area contributed by atoms with Crippen LogP contribution in [0.1, 0.15) is 25.0 Å². The number of carbonyl (C=O) groups is 1. The van der Waals surface area contributed by atoms with Crippen LogP contribution < -0.4 is 9.88 Å². The van der Waals surface area contributed by atoms with E-state index in [1.807, 2.05) is 13.8 Å². The summed E-state index contributed by atoms with van der Waals surface area (Å²) in [6, 6.07) is 3.14. The molecule has 0 bridgehead atoms. The Morgan fingerprint density at radius 3 is 2.05 bits per heavy atom. The van der Waals surface area contributed by atoms with E-state index in [0.717, 1.165) is 0 Å². The Morgan fingerprint density at radius 1 is 1.19 bits per heavy atom. The van der Waals surface area contributed by atoms with Crippen molar-refractivity contribution in [3.05, 3.63) is 23.3 Å². The topological polar surface area (TPSA) is 89.7 Å². The zero-order chi connectivity index (χ0) is 16.2. The molecule has 118 valence electrons. The molecule has 0 heterocycles. The maximum Gasteiger partial charge on any atom is 0.260 e. The molecule has 0 fully saturated rings. The SMILES string of the molecule is CCN(CC)C(=O)COc1cc(C)c(S(N)(=O)=O)c(C)c1. The highest BCUT2D eigenvalue weighted by Crippen LogP contribution is 2.24. The average Bonchev–Trinajstić information content (AvgIpc) is 2.35. The van der Waals surface area contributed by atoms with Gasteiger partial charge in [0.05, 0.1) is 4.90 Å². The smallest absolute Gasteiger partial charge is 0.260 e. The molecule has 0 atom stereocenters. The third kappa shape index (κ3) is 4.44. The van der Waals surface area contributed by atoms with E-state index in [9.17, 15) is 13.2 Å². The molecule has 6 nitrogen and oxygen atoms in total. The van der Waals surface area contributed by atoms with Crippen molar-refractivity contribution in [2.75, 3.05) is 19.7 Å². The Kier molecular flexibility index (Phi) is 5.74. The second-order valence-electron chi connectivity index (χ2n) is 4.79. The quantitative estimate of drug-likeness (QED) is 0.854. The second-order valence-corrected chi connectivity index (χ2v) is 6.28. The predicted molar refractivity (Wildman–Crippen MR) is 80.7 cm³/mol. The van der Waals surface area contributed by atoms with Crippen molar-refractivity contribution in [2.45, 2.75) is 32.6 Å². The second kappa shape index (κ2) is 6.91. The Labute approximate surface area is 125 Å². The zero-order valence-corrected chi connectivity index (χ0v) is 13.7. The van der Waals surface area contributed by atoms with Crippen molar-refractivity contribution in [2.24, 2.45) is 5.14 Å². The molecule has 1 aromatic rings. The monoisotopic (exact) mass is 314 g/mol. The average molecular weight is 314 g/mol. The van der Waals surface area contributed by atoms with Crippen LogP contribution in [-0.2, 0) is 14.8 Å². The summed E-state index contributed by atoms with van der Waals surface area (Å²) in [4.78, 5) is 13.6. The minimum atomic E-state index is -3.76. The van der Waals surface area contributed by atoms with Crippen LogP contribution in [0.3, 0.4) is 0 Å². The first-order valence-electron chi connectivity index (χ1n) is 6.75. The van der Waals surface area contributed by atoms with Crippen molar-refractivity contribution in [3.63, 3.8) is 0 Å². The first kappa shape index (κ1) is 17.5. The molecule has 0 saturated heterocycles. The Hall–Kier alpha value is -1.60. The maximum atomic E-state index is 11.9. The lowest BCUT2D eigenvalue weighted by Crippen LogP contribution is -2.34. The van der Waals surface area contributed by atoms with Crippen molar-refractivity contribution >= 4 is 15.9 Å². The van der Waals surface area contributed by atoms with Crippen LogP contribution >= 0.6 is 0 Å². The fourth-order valence-electron chi connectivity index (χ4n) is 2.26. The lowest BCUT2D eigenvalue weighted by molar-refractivity contribution is -0.132. The van der Waals surface area contributed by atoms with E-state index < -0.39 is 10.0 Å². The largest absolute Gasteiger partial charge is 0.484 e. The lowest BCUT2D eigenvalue weighted by Gasteiger charge is -2.19. The molecule has 1 amide bonds. The summed E-state index contributed by atoms with van der Waals surface area (Å²) in [6.07, 6.45) is 0. The van der Waals surface area contributed by atoms with Crippen LogP contribution in [0, 0.1) is 13.8 Å². The van der Waals surface area contributed by atoms with Gasteiger partial charge in [0.1, 0.15) is 5.75 Å². The van der Waals surface area contributed by atoms with E-state index in [1.165, 1.54) is 0 Å². The number of hydrogen-bond donors (Lipinski definition) is 1. The van der Waals surface area contributed by atoms with Gasteiger partial charge in [-0.05, 0) is 51.0 Å². The summed E-state index contributed by atoms with van der Waals surface area (Å²) >= 11 is 0. The first-order valence-corrected chi connectivity index (χ1v) is 8.29. The number of benzene rings is 1. The lowest BCUT2D eigenvalue weighted by atomic mass is 10.1. The highest BCUT2D eigenvalue weighted by molar-refractivity contribution is 7.89. The molecule has 0 saturated carbocycles. The molecule has 0 aliphatic carbocycles. The van der Waals surface area contributed by atoms with Crippen molar-refractivity contribution in [1.82, 2.24) is 4.90 Å². The molecule has 21 heavy (non-hydrogen) atoms. The molecule has 0 aliphatic rings. The number of nitrogens with zero attached hydrogens (tertiary/aromatic N) is 1. The molecule has 1 aromatic carbocycles. The standard InChI is InChI=1S/C14H22N2O4S/c1-5-16(6-2)13(17)9-20-12-7-10(3)14(11(4)8-12)21(15,18)19/h7-8H,5-6,9H2,1-4H3,(H2,15,18,19). The molecule has 0 aromatic heterocycles. The van der Waals surface area contributed by atoms with Gasteiger partial charge in [0.15, 0.2) is 6.61 Å². The van der Waals surface area contributed by atoms with Gasteiger partial charge in [-0.25, -0.2) is 13.6 Å². The van der Waals surface area contributed by atoms with Gasteiger partial charge in [-0.1, -0.05) is 0 Å². The number of likely N-dealkylation sites (N-methyl/N-ethyl adjacent to an activating group) is 1. The fraction of sp³-hybridized carbons (Fsp3) is 0.500. The van der Waals surface area contributed by atoms with Crippen LogP contribution in [0.2, 0.25) is 0 Å². The van der Waals surface area contributed by atoms with Crippen molar-refractivity contribution in [1.29, 1.82) is 0 Å². The molecule has 2 N–H and O–H groups in total. The van der Waals surface area contributed by atoms with Gasteiger partial charge in [-0.2, -0.15) is 0 Å². The third-order valence-electron chi connectivity index (χ3n) is 3.20. The van der Waals surface area contributed by atoms with Gasteiger partial charge in [0.2, 0.25) is 10.0 Å².